The van der Waals surface area contributed by atoms with Crippen LogP contribution in [-0.2, 0) is 6.61 Å². The molecule has 0 unspecified atom stereocenters. The SMILES string of the molecule is Cc1ccc(COc2c(I)cc(/C=N\NC(=O)c3cccc(I)c3)cc2I)cc1. The lowest BCUT2D eigenvalue weighted by molar-refractivity contribution is 0.0955. The fourth-order valence-corrected chi connectivity index (χ4v) is 5.16. The van der Waals surface area contributed by atoms with Crippen molar-refractivity contribution in [3.8, 4) is 5.75 Å². The van der Waals surface area contributed by atoms with E-state index < -0.39 is 0 Å². The molecule has 148 valence electrons. The van der Waals surface area contributed by atoms with Gasteiger partial charge in [-0.05, 0) is 116 Å². The molecule has 7 heteroatoms. The number of hydrazone groups is 1. The topological polar surface area (TPSA) is 50.7 Å². The molecule has 0 aliphatic rings. The zero-order valence-corrected chi connectivity index (χ0v) is 21.9. The summed E-state index contributed by atoms with van der Waals surface area (Å²) in [6.45, 7) is 2.59. The first-order valence-corrected chi connectivity index (χ1v) is 11.9. The lowest BCUT2D eigenvalue weighted by Crippen LogP contribution is -2.17. The summed E-state index contributed by atoms with van der Waals surface area (Å²) in [6.07, 6.45) is 1.64. The van der Waals surface area contributed by atoms with Crippen molar-refractivity contribution in [2.75, 3.05) is 0 Å². The lowest BCUT2D eigenvalue weighted by Gasteiger charge is -2.11. The predicted molar refractivity (Wildman–Crippen MR) is 142 cm³/mol. The van der Waals surface area contributed by atoms with E-state index in [1.807, 2.05) is 30.3 Å². The number of benzene rings is 3. The van der Waals surface area contributed by atoms with Crippen molar-refractivity contribution in [1.82, 2.24) is 5.43 Å². The molecule has 0 spiro atoms. The van der Waals surface area contributed by atoms with Crippen molar-refractivity contribution in [2.24, 2.45) is 5.10 Å². The first-order valence-electron chi connectivity index (χ1n) is 8.69. The molecule has 0 heterocycles. The Bertz CT molecular complexity index is 1030. The van der Waals surface area contributed by atoms with E-state index in [2.05, 4.69) is 109 Å². The first kappa shape index (κ1) is 22.5. The molecule has 3 aromatic carbocycles. The summed E-state index contributed by atoms with van der Waals surface area (Å²) in [4.78, 5) is 12.2. The number of hydrogen-bond acceptors (Lipinski definition) is 3. The predicted octanol–water partition coefficient (Wildman–Crippen LogP) is 6.15. The van der Waals surface area contributed by atoms with E-state index in [0.29, 0.717) is 12.2 Å². The molecule has 3 rings (SSSR count). The molecule has 0 radical (unpaired) electrons. The molecule has 0 aliphatic carbocycles. The molecule has 0 atom stereocenters. The van der Waals surface area contributed by atoms with Gasteiger partial charge in [-0.2, -0.15) is 5.10 Å². The van der Waals surface area contributed by atoms with E-state index in [4.69, 9.17) is 4.74 Å². The number of aryl methyl sites for hydroxylation is 1. The van der Waals surface area contributed by atoms with E-state index in [1.54, 1.807) is 12.3 Å². The third-order valence-corrected chi connectivity index (χ3v) is 6.26. The summed E-state index contributed by atoms with van der Waals surface area (Å²) in [6, 6.07) is 19.6. The van der Waals surface area contributed by atoms with Crippen molar-refractivity contribution in [3.63, 3.8) is 0 Å². The number of ether oxygens (including phenoxy) is 1. The third kappa shape index (κ3) is 6.64. The number of rotatable bonds is 6. The fraction of sp³-hybridized carbons (Fsp3) is 0.0909. The van der Waals surface area contributed by atoms with Crippen LogP contribution in [0.3, 0.4) is 0 Å². The first-order chi connectivity index (χ1) is 13.9. The zero-order valence-electron chi connectivity index (χ0n) is 15.5. The average Bonchev–Trinajstić information content (AvgIpc) is 2.68. The van der Waals surface area contributed by atoms with E-state index in [1.165, 1.54) is 5.56 Å². The highest BCUT2D eigenvalue weighted by Crippen LogP contribution is 2.29. The van der Waals surface area contributed by atoms with Gasteiger partial charge in [0.1, 0.15) is 12.4 Å². The molecule has 0 saturated heterocycles. The fourth-order valence-electron chi connectivity index (χ4n) is 2.49. The summed E-state index contributed by atoms with van der Waals surface area (Å²) in [7, 11) is 0. The molecule has 4 nitrogen and oxygen atoms in total. The van der Waals surface area contributed by atoms with Crippen LogP contribution in [0.1, 0.15) is 27.0 Å². The van der Waals surface area contributed by atoms with Crippen molar-refractivity contribution in [1.29, 1.82) is 0 Å². The maximum absolute atomic E-state index is 12.2. The van der Waals surface area contributed by atoms with Crippen LogP contribution in [0.2, 0.25) is 0 Å². The summed E-state index contributed by atoms with van der Waals surface area (Å²) in [5, 5.41) is 4.09. The van der Waals surface area contributed by atoms with E-state index in [0.717, 1.165) is 27.6 Å². The summed E-state index contributed by atoms with van der Waals surface area (Å²) in [5.74, 6) is 0.619. The summed E-state index contributed by atoms with van der Waals surface area (Å²) in [5.41, 5.74) is 6.41. The Balaban J connectivity index is 1.64. The second-order valence-corrected chi connectivity index (χ2v) is 9.87. The number of nitrogens with zero attached hydrogens (tertiary/aromatic N) is 1. The van der Waals surface area contributed by atoms with Crippen LogP contribution in [0, 0.1) is 17.6 Å². The number of carbonyl (C=O) groups excluding carboxylic acids is 1. The van der Waals surface area contributed by atoms with Crippen LogP contribution in [-0.4, -0.2) is 12.1 Å². The standard InChI is InChI=1S/C22H17I3N2O2/c1-14-5-7-15(8-6-14)13-29-21-19(24)9-16(10-20(21)25)12-26-27-22(28)17-3-2-4-18(23)11-17/h2-12H,13H2,1H3,(H,27,28)/b26-12-. The maximum Gasteiger partial charge on any atom is 0.271 e. The van der Waals surface area contributed by atoms with Crippen LogP contribution in [0.4, 0.5) is 0 Å². The average molecular weight is 722 g/mol. The normalized spacial score (nSPS) is 10.9. The van der Waals surface area contributed by atoms with Gasteiger partial charge >= 0.3 is 0 Å². The van der Waals surface area contributed by atoms with Gasteiger partial charge in [0.25, 0.3) is 5.91 Å². The van der Waals surface area contributed by atoms with Gasteiger partial charge in [0.15, 0.2) is 0 Å². The van der Waals surface area contributed by atoms with E-state index in [9.17, 15) is 4.79 Å². The monoisotopic (exact) mass is 722 g/mol. The molecule has 0 aromatic heterocycles. The van der Waals surface area contributed by atoms with Crippen LogP contribution >= 0.6 is 67.8 Å². The van der Waals surface area contributed by atoms with Gasteiger partial charge in [-0.3, -0.25) is 4.79 Å². The minimum atomic E-state index is -0.234. The van der Waals surface area contributed by atoms with Gasteiger partial charge in [-0.1, -0.05) is 35.9 Å². The Hall–Kier alpha value is -1.21. The lowest BCUT2D eigenvalue weighted by atomic mass is 10.2. The minimum Gasteiger partial charge on any atom is -0.487 e. The van der Waals surface area contributed by atoms with E-state index in [-0.39, 0.29) is 5.91 Å². The van der Waals surface area contributed by atoms with Crippen molar-refractivity contribution in [2.45, 2.75) is 13.5 Å². The molecule has 1 amide bonds. The Morgan fingerprint density at radius 3 is 2.38 bits per heavy atom. The second kappa shape index (κ2) is 10.7. The van der Waals surface area contributed by atoms with Crippen LogP contribution in [0.25, 0.3) is 0 Å². The highest BCUT2D eigenvalue weighted by Gasteiger charge is 2.09. The Morgan fingerprint density at radius 2 is 1.72 bits per heavy atom. The van der Waals surface area contributed by atoms with Gasteiger partial charge in [0, 0.05) is 9.13 Å². The van der Waals surface area contributed by atoms with Gasteiger partial charge in [-0.15, -0.1) is 0 Å². The van der Waals surface area contributed by atoms with Crippen molar-refractivity contribution in [3.05, 3.63) is 93.6 Å². The Morgan fingerprint density at radius 1 is 1.03 bits per heavy atom. The number of nitrogens with one attached hydrogen (secondary N) is 1. The van der Waals surface area contributed by atoms with Crippen molar-refractivity contribution < 1.29 is 9.53 Å². The molecule has 29 heavy (non-hydrogen) atoms. The van der Waals surface area contributed by atoms with Crippen molar-refractivity contribution >= 4 is 79.9 Å². The van der Waals surface area contributed by atoms with Gasteiger partial charge in [-0.25, -0.2) is 5.43 Å². The van der Waals surface area contributed by atoms with Gasteiger partial charge in [0.05, 0.1) is 13.4 Å². The third-order valence-electron chi connectivity index (χ3n) is 3.99. The molecule has 3 aromatic rings. The summed E-state index contributed by atoms with van der Waals surface area (Å²) < 4.78 is 9.02. The molecule has 0 bridgehead atoms. The summed E-state index contributed by atoms with van der Waals surface area (Å²) >= 11 is 6.69. The molecule has 0 saturated carbocycles. The Kier molecular flexibility index (Phi) is 8.30. The molecular formula is C22H17I3N2O2. The van der Waals surface area contributed by atoms with Crippen LogP contribution in [0.15, 0.2) is 65.8 Å². The number of halogens is 3. The molecular weight excluding hydrogens is 705 g/mol. The molecule has 1 N–H and O–H groups in total. The smallest absolute Gasteiger partial charge is 0.271 e. The Labute approximate surface area is 210 Å². The number of carbonyl (C=O) groups is 1. The highest BCUT2D eigenvalue weighted by atomic mass is 127. The molecule has 0 aliphatic heterocycles. The number of hydrogen-bond donors (Lipinski definition) is 1. The second-order valence-electron chi connectivity index (χ2n) is 6.30. The van der Waals surface area contributed by atoms with Gasteiger partial charge in [0.2, 0.25) is 0 Å². The highest BCUT2D eigenvalue weighted by molar-refractivity contribution is 14.1. The number of amides is 1. The molecule has 0 fully saturated rings. The zero-order chi connectivity index (χ0) is 20.8. The van der Waals surface area contributed by atoms with Crippen LogP contribution < -0.4 is 10.2 Å². The van der Waals surface area contributed by atoms with Gasteiger partial charge < -0.3 is 4.74 Å². The largest absolute Gasteiger partial charge is 0.487 e. The minimum absolute atomic E-state index is 0.234. The quantitative estimate of drug-likeness (QED) is 0.189. The van der Waals surface area contributed by atoms with Crippen LogP contribution in [0.5, 0.6) is 5.75 Å². The maximum atomic E-state index is 12.2. The van der Waals surface area contributed by atoms with E-state index >= 15 is 0 Å².